The normalized spacial score (nSPS) is 17.4. The van der Waals surface area contributed by atoms with Crippen LogP contribution in [0.2, 0.25) is 0 Å². The van der Waals surface area contributed by atoms with Gasteiger partial charge in [-0.15, -0.1) is 0 Å². The maximum absolute atomic E-state index is 5.90. The summed E-state index contributed by atoms with van der Waals surface area (Å²) in [6, 6.07) is 12.3. The molecule has 2 heterocycles. The number of benzene rings is 1. The molecule has 0 bridgehead atoms. The molecule has 0 aliphatic carbocycles. The number of para-hydroxylation sites is 1. The van der Waals surface area contributed by atoms with Gasteiger partial charge < -0.3 is 9.47 Å². The summed E-state index contributed by atoms with van der Waals surface area (Å²) in [5, 5.41) is 1.20. The fourth-order valence-electron chi connectivity index (χ4n) is 2.06. The summed E-state index contributed by atoms with van der Waals surface area (Å²) in [4.78, 5) is 0. The van der Waals surface area contributed by atoms with Crippen molar-refractivity contribution >= 4 is 8.19 Å². The van der Waals surface area contributed by atoms with Crippen molar-refractivity contribution < 1.29 is 9.47 Å². The van der Waals surface area contributed by atoms with E-state index >= 15 is 0 Å². The minimum Gasteiger partial charge on any atom is -0.460 e. The third-order valence-corrected chi connectivity index (χ3v) is 3.84. The van der Waals surface area contributed by atoms with Crippen LogP contribution in [0.5, 0.6) is 5.75 Å². The van der Waals surface area contributed by atoms with Crippen LogP contribution in [-0.2, 0) is 4.74 Å². The Morgan fingerprint density at radius 1 is 1.18 bits per heavy atom. The maximum Gasteiger partial charge on any atom is 0.231 e. The second kappa shape index (κ2) is 4.48. The van der Waals surface area contributed by atoms with Crippen LogP contribution in [0.3, 0.4) is 0 Å². The monoisotopic (exact) mass is 244 g/mol. The van der Waals surface area contributed by atoms with Gasteiger partial charge in [0.1, 0.15) is 5.75 Å². The van der Waals surface area contributed by atoms with E-state index in [0.29, 0.717) is 6.61 Å². The lowest BCUT2D eigenvalue weighted by molar-refractivity contribution is -0.0775. The standard InChI is InChI=1S/C14H13O2P/c1-2-15-14-13-11(7-5-9-17-13)10-6-3-4-8-12(10)16-14/h3-9,14H,2H2,1H3. The first kappa shape index (κ1) is 10.8. The van der Waals surface area contributed by atoms with Gasteiger partial charge in [0.2, 0.25) is 6.29 Å². The molecule has 1 aromatic heterocycles. The first-order valence-electron chi connectivity index (χ1n) is 5.72. The van der Waals surface area contributed by atoms with Crippen LogP contribution >= 0.6 is 8.19 Å². The van der Waals surface area contributed by atoms with Crippen LogP contribution in [-0.4, -0.2) is 6.61 Å². The van der Waals surface area contributed by atoms with Crippen molar-refractivity contribution in [3.63, 3.8) is 0 Å². The predicted molar refractivity (Wildman–Crippen MR) is 69.4 cm³/mol. The number of fused-ring (bicyclic) bond motifs is 3. The molecule has 0 fully saturated rings. The molecule has 1 atom stereocenters. The molecule has 2 aromatic rings. The molecule has 1 unspecified atom stereocenters. The lowest BCUT2D eigenvalue weighted by Gasteiger charge is -2.27. The van der Waals surface area contributed by atoms with Gasteiger partial charge in [-0.3, -0.25) is 0 Å². The van der Waals surface area contributed by atoms with Crippen molar-refractivity contribution in [2.24, 2.45) is 0 Å². The molecule has 0 radical (unpaired) electrons. The van der Waals surface area contributed by atoms with Gasteiger partial charge in [-0.05, 0) is 24.4 Å². The summed E-state index contributed by atoms with van der Waals surface area (Å²) >= 11 is 0. The van der Waals surface area contributed by atoms with Gasteiger partial charge in [0, 0.05) is 12.2 Å². The van der Waals surface area contributed by atoms with E-state index in [2.05, 4.69) is 24.0 Å². The van der Waals surface area contributed by atoms with E-state index in [0.717, 1.165) is 19.5 Å². The number of ether oxygens (including phenoxy) is 2. The highest BCUT2D eigenvalue weighted by Crippen LogP contribution is 2.45. The highest BCUT2D eigenvalue weighted by atomic mass is 31.0. The predicted octanol–water partition coefficient (Wildman–Crippen LogP) is 4.36. The summed E-state index contributed by atoms with van der Waals surface area (Å²) in [6.07, 6.45) is -0.243. The van der Waals surface area contributed by atoms with Crippen LogP contribution in [0.25, 0.3) is 11.1 Å². The summed E-state index contributed by atoms with van der Waals surface area (Å²) in [5.41, 5.74) is 2.41. The van der Waals surface area contributed by atoms with E-state index in [1.54, 1.807) is 0 Å². The molecule has 3 heteroatoms. The summed E-state index contributed by atoms with van der Waals surface area (Å²) in [6.45, 7) is 2.65. The van der Waals surface area contributed by atoms with Gasteiger partial charge >= 0.3 is 0 Å². The molecule has 86 valence electrons. The maximum atomic E-state index is 5.90. The van der Waals surface area contributed by atoms with Crippen molar-refractivity contribution in [1.82, 2.24) is 0 Å². The van der Waals surface area contributed by atoms with Gasteiger partial charge in [0.15, 0.2) is 0 Å². The molecular weight excluding hydrogens is 231 g/mol. The highest BCUT2D eigenvalue weighted by molar-refractivity contribution is 7.30. The fraction of sp³-hybridized carbons (Fsp3) is 0.214. The first-order valence-corrected chi connectivity index (χ1v) is 6.69. The molecule has 0 amide bonds. The van der Waals surface area contributed by atoms with E-state index in [1.165, 1.54) is 10.9 Å². The zero-order valence-corrected chi connectivity index (χ0v) is 10.5. The van der Waals surface area contributed by atoms with Gasteiger partial charge in [0.25, 0.3) is 0 Å². The Bertz CT molecular complexity index is 539. The SMILES string of the molecule is CCOC1Oc2ccccc2-c2cccpc21. The molecular formula is C14H13O2P. The summed E-state index contributed by atoms with van der Waals surface area (Å²) in [5.74, 6) is 3.02. The van der Waals surface area contributed by atoms with Crippen LogP contribution in [0.4, 0.5) is 0 Å². The van der Waals surface area contributed by atoms with Crippen molar-refractivity contribution in [2.45, 2.75) is 13.2 Å². The zero-order valence-electron chi connectivity index (χ0n) is 9.59. The Balaban J connectivity index is 2.15. The van der Waals surface area contributed by atoms with Gasteiger partial charge in [-0.1, -0.05) is 38.5 Å². The number of hydrogen-bond donors (Lipinski definition) is 0. The Kier molecular flexibility index (Phi) is 2.84. The molecule has 1 aliphatic heterocycles. The third-order valence-electron chi connectivity index (χ3n) is 2.79. The smallest absolute Gasteiger partial charge is 0.231 e. The van der Waals surface area contributed by atoms with Crippen LogP contribution in [0.1, 0.15) is 18.5 Å². The van der Waals surface area contributed by atoms with E-state index in [-0.39, 0.29) is 6.29 Å². The van der Waals surface area contributed by atoms with E-state index in [1.807, 2.05) is 25.1 Å². The minimum absolute atomic E-state index is 0.243. The lowest BCUT2D eigenvalue weighted by atomic mass is 10.0. The summed E-state index contributed by atoms with van der Waals surface area (Å²) < 4.78 is 11.6. The average Bonchev–Trinajstić information content (AvgIpc) is 2.39. The average molecular weight is 244 g/mol. The number of rotatable bonds is 2. The Hall–Kier alpha value is -1.37. The topological polar surface area (TPSA) is 18.5 Å². The Morgan fingerprint density at radius 3 is 2.88 bits per heavy atom. The van der Waals surface area contributed by atoms with E-state index in [4.69, 9.17) is 9.47 Å². The third kappa shape index (κ3) is 1.84. The molecule has 0 saturated carbocycles. The van der Waals surface area contributed by atoms with Crippen LogP contribution < -0.4 is 4.74 Å². The molecule has 17 heavy (non-hydrogen) atoms. The van der Waals surface area contributed by atoms with Gasteiger partial charge in [-0.25, -0.2) is 0 Å². The van der Waals surface area contributed by atoms with Crippen molar-refractivity contribution in [3.8, 4) is 16.9 Å². The molecule has 2 nitrogen and oxygen atoms in total. The molecule has 0 N–H and O–H groups in total. The van der Waals surface area contributed by atoms with Crippen LogP contribution in [0.15, 0.2) is 42.2 Å². The highest BCUT2D eigenvalue weighted by Gasteiger charge is 2.25. The molecule has 1 aromatic carbocycles. The van der Waals surface area contributed by atoms with E-state index in [9.17, 15) is 0 Å². The second-order valence-electron chi connectivity index (χ2n) is 3.84. The van der Waals surface area contributed by atoms with Crippen LogP contribution in [0, 0.1) is 0 Å². The molecule has 3 rings (SSSR count). The largest absolute Gasteiger partial charge is 0.460 e. The van der Waals surface area contributed by atoms with E-state index < -0.39 is 0 Å². The number of hydrogen-bond acceptors (Lipinski definition) is 2. The quantitative estimate of drug-likeness (QED) is 0.781. The molecule has 1 aliphatic rings. The van der Waals surface area contributed by atoms with Crippen molar-refractivity contribution in [3.05, 3.63) is 47.5 Å². The van der Waals surface area contributed by atoms with Crippen molar-refractivity contribution in [1.29, 1.82) is 0 Å². The van der Waals surface area contributed by atoms with Gasteiger partial charge in [-0.2, -0.15) is 0 Å². The van der Waals surface area contributed by atoms with Crippen molar-refractivity contribution in [2.75, 3.05) is 6.61 Å². The zero-order chi connectivity index (χ0) is 11.7. The Labute approximate surface area is 102 Å². The first-order chi connectivity index (χ1) is 8.40. The molecule has 0 spiro atoms. The summed E-state index contributed by atoms with van der Waals surface area (Å²) in [7, 11) is 1.16. The minimum atomic E-state index is -0.243. The van der Waals surface area contributed by atoms with Gasteiger partial charge in [0.05, 0.1) is 5.30 Å². The Morgan fingerprint density at radius 2 is 2.00 bits per heavy atom. The lowest BCUT2D eigenvalue weighted by Crippen LogP contribution is -2.15. The molecule has 0 saturated heterocycles. The fourth-order valence-corrected chi connectivity index (χ4v) is 2.98. The second-order valence-corrected chi connectivity index (χ2v) is 4.88.